The highest BCUT2D eigenvalue weighted by molar-refractivity contribution is 7.98. The van der Waals surface area contributed by atoms with Gasteiger partial charge in [0.2, 0.25) is 0 Å². The van der Waals surface area contributed by atoms with E-state index in [1.165, 1.54) is 88.3 Å². The molecule has 1 aromatic rings. The van der Waals surface area contributed by atoms with Crippen molar-refractivity contribution in [3.05, 3.63) is 24.3 Å². The molecule has 0 bridgehead atoms. The first-order valence-electron chi connectivity index (χ1n) is 10.4. The van der Waals surface area contributed by atoms with Crippen LogP contribution in [-0.2, 0) is 0 Å². The van der Waals surface area contributed by atoms with Crippen molar-refractivity contribution in [2.24, 2.45) is 11.8 Å². The number of rotatable bonds is 7. The van der Waals surface area contributed by atoms with Crippen LogP contribution in [0.1, 0.15) is 51.9 Å². The summed E-state index contributed by atoms with van der Waals surface area (Å²) in [6.45, 7) is 8.48. The molecule has 0 atom stereocenters. The van der Waals surface area contributed by atoms with Crippen molar-refractivity contribution < 1.29 is 0 Å². The highest BCUT2D eigenvalue weighted by Crippen LogP contribution is 2.33. The lowest BCUT2D eigenvalue weighted by molar-refractivity contribution is 0.200. The number of hydrogen-bond acceptors (Lipinski definition) is 3. The molecule has 0 amide bonds. The summed E-state index contributed by atoms with van der Waals surface area (Å²) >= 11 is 1.84. The Kier molecular flexibility index (Phi) is 7.54. The molecule has 1 saturated heterocycles. The van der Waals surface area contributed by atoms with E-state index in [-0.39, 0.29) is 0 Å². The van der Waals surface area contributed by atoms with Crippen molar-refractivity contribution in [2.75, 3.05) is 43.9 Å². The molecule has 2 fully saturated rings. The Bertz CT molecular complexity index is 503. The van der Waals surface area contributed by atoms with E-state index >= 15 is 0 Å². The highest BCUT2D eigenvalue weighted by atomic mass is 32.2. The van der Waals surface area contributed by atoms with Gasteiger partial charge in [0.15, 0.2) is 0 Å². The fraction of sp³-hybridized carbons (Fsp3) is 0.727. The summed E-state index contributed by atoms with van der Waals surface area (Å²) in [5, 5.41) is 0. The van der Waals surface area contributed by atoms with Crippen molar-refractivity contribution in [1.29, 1.82) is 0 Å². The largest absolute Gasteiger partial charge is 0.369 e. The molecule has 1 saturated carbocycles. The molecule has 0 unspecified atom stereocenters. The van der Waals surface area contributed by atoms with Crippen LogP contribution in [0.4, 0.5) is 5.69 Å². The van der Waals surface area contributed by atoms with Gasteiger partial charge >= 0.3 is 0 Å². The van der Waals surface area contributed by atoms with Crippen LogP contribution < -0.4 is 4.90 Å². The van der Waals surface area contributed by atoms with E-state index in [4.69, 9.17) is 0 Å². The summed E-state index contributed by atoms with van der Waals surface area (Å²) in [6, 6.07) is 9.02. The van der Waals surface area contributed by atoms with E-state index in [0.717, 1.165) is 11.8 Å². The maximum atomic E-state index is 2.70. The minimum Gasteiger partial charge on any atom is -0.369 e. The van der Waals surface area contributed by atoms with Gasteiger partial charge in [0, 0.05) is 36.8 Å². The Morgan fingerprint density at radius 1 is 0.960 bits per heavy atom. The second-order valence-electron chi connectivity index (χ2n) is 7.99. The van der Waals surface area contributed by atoms with Crippen LogP contribution in [-0.4, -0.2) is 43.9 Å². The van der Waals surface area contributed by atoms with Gasteiger partial charge in [0.05, 0.1) is 0 Å². The Labute approximate surface area is 159 Å². The molecule has 2 aliphatic rings. The van der Waals surface area contributed by atoms with Gasteiger partial charge < -0.3 is 4.90 Å². The van der Waals surface area contributed by atoms with Crippen LogP contribution in [0.15, 0.2) is 29.2 Å². The summed E-state index contributed by atoms with van der Waals surface area (Å²) in [5.74, 6) is 2.05. The van der Waals surface area contributed by atoms with Crippen LogP contribution >= 0.6 is 11.8 Å². The first kappa shape index (κ1) is 19.1. The monoisotopic (exact) mass is 360 g/mol. The lowest BCUT2D eigenvalue weighted by atomic mass is 9.79. The zero-order valence-electron chi connectivity index (χ0n) is 16.3. The normalized spacial score (nSPS) is 25.3. The zero-order chi connectivity index (χ0) is 17.5. The van der Waals surface area contributed by atoms with Crippen LogP contribution in [0.25, 0.3) is 0 Å². The third-order valence-corrected chi connectivity index (χ3v) is 7.03. The van der Waals surface area contributed by atoms with Crippen LogP contribution in [0.3, 0.4) is 0 Å². The van der Waals surface area contributed by atoms with Gasteiger partial charge in [-0.05, 0) is 49.3 Å². The minimum atomic E-state index is 1.00. The Hall–Kier alpha value is -0.670. The topological polar surface area (TPSA) is 6.48 Å². The zero-order valence-corrected chi connectivity index (χ0v) is 17.1. The van der Waals surface area contributed by atoms with E-state index in [9.17, 15) is 0 Å². The fourth-order valence-corrected chi connectivity index (χ4v) is 5.07. The second kappa shape index (κ2) is 9.87. The molecule has 3 heteroatoms. The van der Waals surface area contributed by atoms with Gasteiger partial charge in [-0.1, -0.05) is 51.5 Å². The van der Waals surface area contributed by atoms with Crippen LogP contribution in [0, 0.1) is 11.8 Å². The Balaban J connectivity index is 1.37. The van der Waals surface area contributed by atoms with Gasteiger partial charge in [-0.2, -0.15) is 0 Å². The standard InChI is InChI=1S/C22H36N2S/c1-3-5-19-8-10-20(11-9-19)12-13-23-14-16-24(17-15-23)21-6-4-7-22(18-21)25-2/h4,6-7,18-20H,3,5,8-17H2,1-2H3. The van der Waals surface area contributed by atoms with E-state index in [1.807, 2.05) is 11.8 Å². The maximum Gasteiger partial charge on any atom is 0.0378 e. The molecule has 2 nitrogen and oxygen atoms in total. The lowest BCUT2D eigenvalue weighted by Gasteiger charge is -2.37. The highest BCUT2D eigenvalue weighted by Gasteiger charge is 2.22. The van der Waals surface area contributed by atoms with Crippen molar-refractivity contribution in [1.82, 2.24) is 4.90 Å². The molecule has 0 radical (unpaired) electrons. The molecule has 0 aromatic heterocycles. The fourth-order valence-electron chi connectivity index (χ4n) is 4.62. The summed E-state index contributed by atoms with van der Waals surface area (Å²) in [7, 11) is 0. The smallest absolute Gasteiger partial charge is 0.0378 e. The molecule has 0 N–H and O–H groups in total. The number of benzene rings is 1. The predicted octanol–water partition coefficient (Wildman–Crippen LogP) is 5.53. The van der Waals surface area contributed by atoms with Gasteiger partial charge in [0.25, 0.3) is 0 Å². The average molecular weight is 361 g/mol. The summed E-state index contributed by atoms with van der Waals surface area (Å²) in [5.41, 5.74) is 1.40. The maximum absolute atomic E-state index is 2.70. The molecule has 1 aliphatic heterocycles. The van der Waals surface area contributed by atoms with E-state index in [0.29, 0.717) is 0 Å². The molecular weight excluding hydrogens is 324 g/mol. The van der Waals surface area contributed by atoms with E-state index < -0.39 is 0 Å². The van der Waals surface area contributed by atoms with Crippen molar-refractivity contribution >= 4 is 17.4 Å². The van der Waals surface area contributed by atoms with Crippen molar-refractivity contribution in [3.8, 4) is 0 Å². The molecule has 1 heterocycles. The lowest BCUT2D eigenvalue weighted by Crippen LogP contribution is -2.47. The van der Waals surface area contributed by atoms with Crippen LogP contribution in [0.2, 0.25) is 0 Å². The van der Waals surface area contributed by atoms with Crippen molar-refractivity contribution in [3.63, 3.8) is 0 Å². The number of thioether (sulfide) groups is 1. The van der Waals surface area contributed by atoms with E-state index in [2.05, 4.69) is 47.2 Å². The Morgan fingerprint density at radius 3 is 2.28 bits per heavy atom. The third kappa shape index (κ3) is 5.65. The second-order valence-corrected chi connectivity index (χ2v) is 8.87. The van der Waals surface area contributed by atoms with Gasteiger partial charge in [-0.15, -0.1) is 11.8 Å². The first-order valence-corrected chi connectivity index (χ1v) is 11.6. The van der Waals surface area contributed by atoms with Gasteiger partial charge in [0.1, 0.15) is 0 Å². The molecule has 1 aromatic carbocycles. The van der Waals surface area contributed by atoms with E-state index in [1.54, 1.807) is 0 Å². The van der Waals surface area contributed by atoms with Gasteiger partial charge in [-0.3, -0.25) is 4.90 Å². The van der Waals surface area contributed by atoms with Gasteiger partial charge in [-0.25, -0.2) is 0 Å². The number of anilines is 1. The number of nitrogens with zero attached hydrogens (tertiary/aromatic N) is 2. The number of hydrogen-bond donors (Lipinski definition) is 0. The molecular formula is C22H36N2S. The molecule has 25 heavy (non-hydrogen) atoms. The summed E-state index contributed by atoms with van der Waals surface area (Å²) < 4.78 is 0. The predicted molar refractivity (Wildman–Crippen MR) is 112 cm³/mol. The third-order valence-electron chi connectivity index (χ3n) is 6.31. The molecule has 1 aliphatic carbocycles. The SMILES string of the molecule is CCCC1CCC(CCN2CCN(c3cccc(SC)c3)CC2)CC1. The summed E-state index contributed by atoms with van der Waals surface area (Å²) in [4.78, 5) is 6.64. The Morgan fingerprint density at radius 2 is 1.64 bits per heavy atom. The summed E-state index contributed by atoms with van der Waals surface area (Å²) in [6.07, 6.45) is 12.4. The van der Waals surface area contributed by atoms with Crippen LogP contribution in [0.5, 0.6) is 0 Å². The molecule has 0 spiro atoms. The average Bonchev–Trinajstić information content (AvgIpc) is 2.68. The first-order chi connectivity index (χ1) is 12.3. The minimum absolute atomic E-state index is 1.00. The quantitative estimate of drug-likeness (QED) is 0.591. The molecule has 140 valence electrons. The molecule has 3 rings (SSSR count). The van der Waals surface area contributed by atoms with Crippen molar-refractivity contribution in [2.45, 2.75) is 56.8 Å². The number of piperazine rings is 1.